The number of nitrogens with one attached hydrogen (secondary N) is 1. The molecule has 0 bridgehead atoms. The molecular formula is C19H16N2O5. The molecule has 7 nitrogen and oxygen atoms in total. The van der Waals surface area contributed by atoms with Crippen LogP contribution in [0.25, 0.3) is 0 Å². The Morgan fingerprint density at radius 1 is 0.962 bits per heavy atom. The van der Waals surface area contributed by atoms with Gasteiger partial charge in [0.2, 0.25) is 0 Å². The molecule has 2 amide bonds. The molecule has 1 aromatic heterocycles. The number of aromatic amines is 1. The summed E-state index contributed by atoms with van der Waals surface area (Å²) in [5, 5.41) is 0.415. The quantitative estimate of drug-likeness (QED) is 0.659. The van der Waals surface area contributed by atoms with Crippen LogP contribution >= 0.6 is 0 Å². The molecular weight excluding hydrogens is 336 g/mol. The van der Waals surface area contributed by atoms with Crippen molar-refractivity contribution in [3.63, 3.8) is 0 Å². The van der Waals surface area contributed by atoms with Gasteiger partial charge in [0.25, 0.3) is 17.4 Å². The van der Waals surface area contributed by atoms with E-state index in [1.54, 1.807) is 12.1 Å². The van der Waals surface area contributed by atoms with Crippen LogP contribution in [-0.2, 0) is 17.7 Å². The summed E-state index contributed by atoms with van der Waals surface area (Å²) in [5.74, 6) is -2.46. The second-order valence-corrected chi connectivity index (χ2v) is 6.41. The standard InChI is InChI=1S/C19H16N2O5/c22-16-14(10-11-6-2-1-3-9-15(11)20-16)19(25)26-21-17(23)12-7-4-5-8-13(12)18(21)24/h4-5,7-8,10H,1-3,6,9H2,(H,20,22). The van der Waals surface area contributed by atoms with Crippen molar-refractivity contribution < 1.29 is 19.2 Å². The smallest absolute Gasteiger partial charge is 0.325 e. The number of pyridine rings is 1. The first-order chi connectivity index (χ1) is 12.6. The van der Waals surface area contributed by atoms with E-state index >= 15 is 0 Å². The average molecular weight is 352 g/mol. The highest BCUT2D eigenvalue weighted by Crippen LogP contribution is 2.24. The summed E-state index contributed by atoms with van der Waals surface area (Å²) in [6.07, 6.45) is 4.55. The summed E-state index contributed by atoms with van der Waals surface area (Å²) in [6, 6.07) is 7.72. The maximum Gasteiger partial charge on any atom is 0.369 e. The van der Waals surface area contributed by atoms with E-state index in [0.29, 0.717) is 5.06 Å². The van der Waals surface area contributed by atoms with Gasteiger partial charge in [0.05, 0.1) is 11.1 Å². The lowest BCUT2D eigenvalue weighted by atomic mass is 10.1. The Kier molecular flexibility index (Phi) is 3.91. The minimum Gasteiger partial charge on any atom is -0.325 e. The van der Waals surface area contributed by atoms with Crippen LogP contribution in [0.3, 0.4) is 0 Å². The second-order valence-electron chi connectivity index (χ2n) is 6.41. The van der Waals surface area contributed by atoms with Gasteiger partial charge in [-0.3, -0.25) is 14.4 Å². The van der Waals surface area contributed by atoms with E-state index in [1.807, 2.05) is 0 Å². The van der Waals surface area contributed by atoms with Crippen molar-refractivity contribution in [2.45, 2.75) is 32.1 Å². The number of fused-ring (bicyclic) bond motifs is 2. The molecule has 0 saturated heterocycles. The fraction of sp³-hybridized carbons (Fsp3) is 0.263. The molecule has 2 heterocycles. The Morgan fingerprint density at radius 2 is 1.62 bits per heavy atom. The highest BCUT2D eigenvalue weighted by Gasteiger charge is 2.39. The van der Waals surface area contributed by atoms with Crippen LogP contribution in [0.2, 0.25) is 0 Å². The molecule has 0 spiro atoms. The van der Waals surface area contributed by atoms with Crippen molar-refractivity contribution in [2.24, 2.45) is 0 Å². The third kappa shape index (κ3) is 2.61. The van der Waals surface area contributed by atoms with E-state index in [4.69, 9.17) is 4.84 Å². The zero-order chi connectivity index (χ0) is 18.3. The van der Waals surface area contributed by atoms with Crippen LogP contribution < -0.4 is 5.56 Å². The number of nitrogens with zero attached hydrogens (tertiary/aromatic N) is 1. The summed E-state index contributed by atoms with van der Waals surface area (Å²) in [7, 11) is 0. The predicted molar refractivity (Wildman–Crippen MR) is 90.7 cm³/mol. The molecule has 0 saturated carbocycles. The summed E-state index contributed by atoms with van der Waals surface area (Å²) < 4.78 is 0. The molecule has 132 valence electrons. The Hall–Kier alpha value is -3.22. The normalized spacial score (nSPS) is 16.1. The van der Waals surface area contributed by atoms with Gasteiger partial charge in [0.15, 0.2) is 0 Å². The first kappa shape index (κ1) is 16.3. The van der Waals surface area contributed by atoms with Gasteiger partial charge in [-0.1, -0.05) is 23.6 Å². The van der Waals surface area contributed by atoms with Crippen LogP contribution in [0, 0.1) is 0 Å². The molecule has 0 unspecified atom stereocenters. The monoisotopic (exact) mass is 352 g/mol. The van der Waals surface area contributed by atoms with Crippen LogP contribution in [0.4, 0.5) is 0 Å². The molecule has 1 aromatic carbocycles. The Morgan fingerprint density at radius 3 is 2.31 bits per heavy atom. The van der Waals surface area contributed by atoms with Gasteiger partial charge < -0.3 is 9.82 Å². The third-order valence-corrected chi connectivity index (χ3v) is 4.74. The number of H-pyrrole nitrogens is 1. The number of hydroxylamine groups is 2. The third-order valence-electron chi connectivity index (χ3n) is 4.74. The number of carbonyl (C=O) groups excluding carboxylic acids is 3. The lowest BCUT2D eigenvalue weighted by Crippen LogP contribution is -2.34. The minimum atomic E-state index is -1.02. The Labute approximate surface area is 148 Å². The molecule has 4 rings (SSSR count). The number of hydrogen-bond donors (Lipinski definition) is 1. The molecule has 1 N–H and O–H groups in total. The molecule has 0 fully saturated rings. The number of aromatic nitrogens is 1. The van der Waals surface area contributed by atoms with Crippen molar-refractivity contribution in [2.75, 3.05) is 0 Å². The first-order valence-corrected chi connectivity index (χ1v) is 8.51. The van der Waals surface area contributed by atoms with Gasteiger partial charge in [0.1, 0.15) is 5.56 Å². The van der Waals surface area contributed by atoms with E-state index < -0.39 is 23.3 Å². The molecule has 7 heteroatoms. The summed E-state index contributed by atoms with van der Waals surface area (Å²) in [4.78, 5) is 57.0. The topological polar surface area (TPSA) is 96.5 Å². The first-order valence-electron chi connectivity index (χ1n) is 8.51. The lowest BCUT2D eigenvalue weighted by molar-refractivity contribution is -0.0585. The summed E-state index contributed by atoms with van der Waals surface area (Å²) >= 11 is 0. The van der Waals surface area contributed by atoms with E-state index in [0.717, 1.165) is 43.4 Å². The highest BCUT2D eigenvalue weighted by molar-refractivity contribution is 6.21. The zero-order valence-corrected chi connectivity index (χ0v) is 13.9. The van der Waals surface area contributed by atoms with E-state index in [-0.39, 0.29) is 16.7 Å². The zero-order valence-electron chi connectivity index (χ0n) is 13.9. The van der Waals surface area contributed by atoms with Crippen LogP contribution in [-0.4, -0.2) is 27.8 Å². The summed E-state index contributed by atoms with van der Waals surface area (Å²) in [5.41, 5.74) is 1.29. The molecule has 0 radical (unpaired) electrons. The maximum absolute atomic E-state index is 12.4. The molecule has 1 aliphatic carbocycles. The lowest BCUT2D eigenvalue weighted by Gasteiger charge is -2.13. The van der Waals surface area contributed by atoms with Crippen molar-refractivity contribution in [3.8, 4) is 0 Å². The van der Waals surface area contributed by atoms with Gasteiger partial charge in [-0.05, 0) is 49.4 Å². The Balaban J connectivity index is 1.62. The largest absolute Gasteiger partial charge is 0.369 e. The molecule has 1 aliphatic heterocycles. The number of imide groups is 1. The molecule has 26 heavy (non-hydrogen) atoms. The number of benzene rings is 1. The van der Waals surface area contributed by atoms with Crippen LogP contribution in [0.1, 0.15) is 61.6 Å². The van der Waals surface area contributed by atoms with Gasteiger partial charge in [-0.25, -0.2) is 4.79 Å². The van der Waals surface area contributed by atoms with Gasteiger partial charge in [-0.15, -0.1) is 0 Å². The second kappa shape index (κ2) is 6.25. The minimum absolute atomic E-state index is 0.168. The van der Waals surface area contributed by atoms with Crippen LogP contribution in [0.5, 0.6) is 0 Å². The van der Waals surface area contributed by atoms with Crippen molar-refractivity contribution in [3.05, 3.63) is 68.6 Å². The number of carbonyl (C=O) groups is 3. The van der Waals surface area contributed by atoms with Gasteiger partial charge >= 0.3 is 5.97 Å². The van der Waals surface area contributed by atoms with E-state index in [9.17, 15) is 19.2 Å². The molecule has 0 atom stereocenters. The van der Waals surface area contributed by atoms with Gasteiger partial charge in [0, 0.05) is 5.69 Å². The SMILES string of the molecule is O=C(ON1C(=O)c2ccccc2C1=O)c1cc2c([nH]c1=O)CCCCC2. The maximum atomic E-state index is 12.4. The van der Waals surface area contributed by atoms with Crippen molar-refractivity contribution >= 4 is 17.8 Å². The molecule has 2 aliphatic rings. The van der Waals surface area contributed by atoms with Crippen molar-refractivity contribution in [1.82, 2.24) is 10.0 Å². The fourth-order valence-corrected chi connectivity index (χ4v) is 3.39. The fourth-order valence-electron chi connectivity index (χ4n) is 3.39. The highest BCUT2D eigenvalue weighted by atomic mass is 16.7. The Bertz CT molecular complexity index is 957. The average Bonchev–Trinajstić information content (AvgIpc) is 2.81. The summed E-state index contributed by atoms with van der Waals surface area (Å²) in [6.45, 7) is 0. The number of aryl methyl sites for hydroxylation is 2. The van der Waals surface area contributed by atoms with Crippen LogP contribution in [0.15, 0.2) is 35.1 Å². The number of hydrogen-bond acceptors (Lipinski definition) is 5. The predicted octanol–water partition coefficient (Wildman–Crippen LogP) is 2.01. The number of amides is 2. The molecule has 2 aromatic rings. The van der Waals surface area contributed by atoms with E-state index in [1.165, 1.54) is 18.2 Å². The van der Waals surface area contributed by atoms with Gasteiger partial charge in [-0.2, -0.15) is 0 Å². The van der Waals surface area contributed by atoms with E-state index in [2.05, 4.69) is 4.98 Å². The van der Waals surface area contributed by atoms with Crippen molar-refractivity contribution in [1.29, 1.82) is 0 Å². The number of rotatable bonds is 2.